The number of hydrogen-bond donors (Lipinski definition) is 3. The summed E-state index contributed by atoms with van der Waals surface area (Å²) in [6.45, 7) is 11.3. The standard InChI is InChI=1S/C22H38N4O2/c1-5-23-21(25-16-22(10-12-27)11-13-28-17-22)24-14-19-8-6-7-9-20(19)15-26(4)18(2)3/h6-9,18,27H,5,10-17H2,1-4H3,(H2,23,24,25). The van der Waals surface area contributed by atoms with Gasteiger partial charge in [0.25, 0.3) is 0 Å². The molecule has 1 heterocycles. The Kier molecular flexibility index (Phi) is 9.22. The molecule has 1 aliphatic rings. The zero-order valence-corrected chi connectivity index (χ0v) is 18.0. The van der Waals surface area contributed by atoms with Crippen molar-refractivity contribution in [1.82, 2.24) is 15.5 Å². The van der Waals surface area contributed by atoms with E-state index in [9.17, 15) is 5.11 Å². The molecule has 0 radical (unpaired) electrons. The van der Waals surface area contributed by atoms with Gasteiger partial charge in [0.15, 0.2) is 5.96 Å². The molecule has 0 spiro atoms. The van der Waals surface area contributed by atoms with Crippen LogP contribution in [0.1, 0.15) is 44.7 Å². The van der Waals surface area contributed by atoms with Crippen molar-refractivity contribution < 1.29 is 9.84 Å². The zero-order valence-electron chi connectivity index (χ0n) is 18.0. The number of aliphatic hydroxyl groups is 1. The van der Waals surface area contributed by atoms with E-state index < -0.39 is 0 Å². The summed E-state index contributed by atoms with van der Waals surface area (Å²) in [6.07, 6.45) is 1.73. The highest BCUT2D eigenvalue weighted by molar-refractivity contribution is 5.79. The Morgan fingerprint density at radius 2 is 2.04 bits per heavy atom. The molecule has 1 saturated heterocycles. The summed E-state index contributed by atoms with van der Waals surface area (Å²) in [7, 11) is 2.15. The minimum Gasteiger partial charge on any atom is -0.396 e. The Labute approximate surface area is 170 Å². The fourth-order valence-corrected chi connectivity index (χ4v) is 3.41. The molecule has 0 amide bonds. The number of nitrogens with zero attached hydrogens (tertiary/aromatic N) is 2. The number of rotatable bonds is 10. The molecular formula is C22H38N4O2. The molecule has 6 heteroatoms. The Balaban J connectivity index is 2.04. The second-order valence-corrected chi connectivity index (χ2v) is 8.10. The summed E-state index contributed by atoms with van der Waals surface area (Å²) in [5.41, 5.74) is 2.57. The van der Waals surface area contributed by atoms with Gasteiger partial charge in [0.05, 0.1) is 13.2 Å². The van der Waals surface area contributed by atoms with Gasteiger partial charge in [-0.25, -0.2) is 4.99 Å². The maximum Gasteiger partial charge on any atom is 0.191 e. The van der Waals surface area contributed by atoms with Crippen molar-refractivity contribution in [3.05, 3.63) is 35.4 Å². The average molecular weight is 391 g/mol. The monoisotopic (exact) mass is 390 g/mol. The molecule has 158 valence electrons. The van der Waals surface area contributed by atoms with Gasteiger partial charge in [-0.1, -0.05) is 24.3 Å². The van der Waals surface area contributed by atoms with Gasteiger partial charge >= 0.3 is 0 Å². The predicted octanol–water partition coefficient (Wildman–Crippen LogP) is 2.37. The summed E-state index contributed by atoms with van der Waals surface area (Å²) in [5, 5.41) is 16.2. The summed E-state index contributed by atoms with van der Waals surface area (Å²) < 4.78 is 5.59. The van der Waals surface area contributed by atoms with Crippen LogP contribution < -0.4 is 10.6 Å². The number of benzene rings is 1. The van der Waals surface area contributed by atoms with Gasteiger partial charge in [-0.2, -0.15) is 0 Å². The van der Waals surface area contributed by atoms with Gasteiger partial charge in [0, 0.05) is 44.3 Å². The second kappa shape index (κ2) is 11.4. The Morgan fingerprint density at radius 1 is 1.29 bits per heavy atom. The number of guanidine groups is 1. The molecule has 1 aromatic rings. The summed E-state index contributed by atoms with van der Waals surface area (Å²) in [6, 6.07) is 9.03. The maximum absolute atomic E-state index is 9.42. The molecule has 1 aromatic carbocycles. The molecule has 28 heavy (non-hydrogen) atoms. The van der Waals surface area contributed by atoms with E-state index in [1.165, 1.54) is 11.1 Å². The van der Waals surface area contributed by atoms with Crippen LogP contribution in [0.5, 0.6) is 0 Å². The van der Waals surface area contributed by atoms with E-state index in [1.54, 1.807) is 0 Å². The van der Waals surface area contributed by atoms with Crippen molar-refractivity contribution in [3.63, 3.8) is 0 Å². The molecule has 0 aliphatic carbocycles. The highest BCUT2D eigenvalue weighted by Gasteiger charge is 2.34. The lowest BCUT2D eigenvalue weighted by molar-refractivity contribution is 0.127. The third-order valence-corrected chi connectivity index (χ3v) is 5.63. The molecule has 1 unspecified atom stereocenters. The fraction of sp³-hybridized carbons (Fsp3) is 0.682. The maximum atomic E-state index is 9.42. The molecule has 0 saturated carbocycles. The molecule has 1 aliphatic heterocycles. The van der Waals surface area contributed by atoms with E-state index in [0.29, 0.717) is 19.2 Å². The van der Waals surface area contributed by atoms with E-state index in [4.69, 9.17) is 9.73 Å². The zero-order chi connectivity index (χ0) is 20.4. The van der Waals surface area contributed by atoms with Crippen LogP contribution >= 0.6 is 0 Å². The number of ether oxygens (including phenoxy) is 1. The van der Waals surface area contributed by atoms with Crippen LogP contribution in [0.15, 0.2) is 29.3 Å². The van der Waals surface area contributed by atoms with Gasteiger partial charge in [-0.15, -0.1) is 0 Å². The quantitative estimate of drug-likeness (QED) is 0.423. The van der Waals surface area contributed by atoms with Gasteiger partial charge in [-0.3, -0.25) is 4.90 Å². The lowest BCUT2D eigenvalue weighted by atomic mass is 9.84. The molecule has 3 N–H and O–H groups in total. The Bertz CT molecular complexity index is 612. The number of nitrogens with one attached hydrogen (secondary N) is 2. The van der Waals surface area contributed by atoms with Crippen molar-refractivity contribution in [2.45, 2.75) is 52.7 Å². The van der Waals surface area contributed by atoms with Crippen LogP contribution in [-0.2, 0) is 17.8 Å². The summed E-state index contributed by atoms with van der Waals surface area (Å²) in [5.74, 6) is 0.818. The summed E-state index contributed by atoms with van der Waals surface area (Å²) >= 11 is 0. The average Bonchev–Trinajstić information content (AvgIpc) is 3.14. The number of aliphatic imine (C=N–C) groups is 1. The van der Waals surface area contributed by atoms with E-state index in [1.807, 2.05) is 0 Å². The third kappa shape index (κ3) is 6.76. The highest BCUT2D eigenvalue weighted by Crippen LogP contribution is 2.31. The second-order valence-electron chi connectivity index (χ2n) is 8.10. The van der Waals surface area contributed by atoms with Gasteiger partial charge in [0.2, 0.25) is 0 Å². The molecule has 1 atom stereocenters. The first kappa shape index (κ1) is 22.7. The van der Waals surface area contributed by atoms with Crippen molar-refractivity contribution >= 4 is 5.96 Å². The molecule has 1 fully saturated rings. The van der Waals surface area contributed by atoms with Crippen LogP contribution in [0.2, 0.25) is 0 Å². The van der Waals surface area contributed by atoms with E-state index in [2.05, 4.69) is 67.6 Å². The van der Waals surface area contributed by atoms with Crippen molar-refractivity contribution in [2.24, 2.45) is 10.4 Å². The van der Waals surface area contributed by atoms with Gasteiger partial charge in [-0.05, 0) is 51.8 Å². The number of aliphatic hydroxyl groups excluding tert-OH is 1. The predicted molar refractivity (Wildman–Crippen MR) is 115 cm³/mol. The first-order valence-electron chi connectivity index (χ1n) is 10.5. The molecule has 6 nitrogen and oxygen atoms in total. The fourth-order valence-electron chi connectivity index (χ4n) is 3.41. The Hall–Kier alpha value is -1.63. The van der Waals surface area contributed by atoms with E-state index >= 15 is 0 Å². The smallest absolute Gasteiger partial charge is 0.191 e. The van der Waals surface area contributed by atoms with Crippen LogP contribution in [-0.4, -0.2) is 62.0 Å². The first-order valence-corrected chi connectivity index (χ1v) is 10.5. The van der Waals surface area contributed by atoms with Crippen molar-refractivity contribution in [2.75, 3.05) is 40.0 Å². The lowest BCUT2D eigenvalue weighted by Gasteiger charge is -2.27. The first-order chi connectivity index (χ1) is 13.5. The van der Waals surface area contributed by atoms with Gasteiger partial charge < -0.3 is 20.5 Å². The minimum atomic E-state index is 0.00280. The highest BCUT2D eigenvalue weighted by atomic mass is 16.5. The summed E-state index contributed by atoms with van der Waals surface area (Å²) in [4.78, 5) is 7.16. The van der Waals surface area contributed by atoms with Crippen LogP contribution in [0.3, 0.4) is 0 Å². The third-order valence-electron chi connectivity index (χ3n) is 5.63. The molecule has 0 bridgehead atoms. The van der Waals surface area contributed by atoms with Crippen LogP contribution in [0.4, 0.5) is 0 Å². The molecule has 0 aromatic heterocycles. The SMILES string of the molecule is CCNC(=NCc1ccccc1CN(C)C(C)C)NCC1(CCO)CCOC1. The largest absolute Gasteiger partial charge is 0.396 e. The normalized spacial score (nSPS) is 20.2. The van der Waals surface area contributed by atoms with Crippen molar-refractivity contribution in [3.8, 4) is 0 Å². The van der Waals surface area contributed by atoms with E-state index in [-0.39, 0.29) is 12.0 Å². The molecule has 2 rings (SSSR count). The Morgan fingerprint density at radius 3 is 2.64 bits per heavy atom. The van der Waals surface area contributed by atoms with Crippen molar-refractivity contribution in [1.29, 1.82) is 0 Å². The topological polar surface area (TPSA) is 69.1 Å². The lowest BCUT2D eigenvalue weighted by Crippen LogP contribution is -2.44. The van der Waals surface area contributed by atoms with Crippen LogP contribution in [0.25, 0.3) is 0 Å². The van der Waals surface area contributed by atoms with Crippen LogP contribution in [0, 0.1) is 5.41 Å². The minimum absolute atomic E-state index is 0.00280. The van der Waals surface area contributed by atoms with E-state index in [0.717, 1.165) is 45.0 Å². The number of hydrogen-bond acceptors (Lipinski definition) is 4. The molecular weight excluding hydrogens is 352 g/mol. The van der Waals surface area contributed by atoms with Gasteiger partial charge in [0.1, 0.15) is 0 Å².